The summed E-state index contributed by atoms with van der Waals surface area (Å²) in [5.41, 5.74) is 2.82. The fourth-order valence-electron chi connectivity index (χ4n) is 3.54. The maximum Gasteiger partial charge on any atom is 0.225 e. The number of carbonyl (C=O) groups is 1. The van der Waals surface area contributed by atoms with E-state index in [2.05, 4.69) is 41.7 Å². The number of allylic oxidation sites excluding steroid dienone is 1. The quantitative estimate of drug-likeness (QED) is 0.531. The van der Waals surface area contributed by atoms with Gasteiger partial charge >= 0.3 is 0 Å². The molecular weight excluding hydrogens is 396 g/mol. The number of rotatable bonds is 5. The highest BCUT2D eigenvalue weighted by molar-refractivity contribution is 8.02. The third kappa shape index (κ3) is 4.34. The van der Waals surface area contributed by atoms with Gasteiger partial charge in [0.25, 0.3) is 0 Å². The van der Waals surface area contributed by atoms with E-state index in [0.29, 0.717) is 22.8 Å². The van der Waals surface area contributed by atoms with Crippen LogP contribution in [0.2, 0.25) is 0 Å². The van der Waals surface area contributed by atoms with E-state index < -0.39 is 0 Å². The summed E-state index contributed by atoms with van der Waals surface area (Å²) in [6.45, 7) is 0. The van der Waals surface area contributed by atoms with Gasteiger partial charge in [-0.15, -0.1) is 23.5 Å². The zero-order valence-electron chi connectivity index (χ0n) is 16.0. The van der Waals surface area contributed by atoms with Crippen LogP contribution in [0.3, 0.4) is 0 Å². The standard InChI is InChI=1S/C24H20N2OS2/c1-28-20-10-8-18(9-11-20)21-13-23(27)26-24(22(21)14-25)29-15-16-6-7-17-4-2-3-5-19(17)12-16/h2-12,21H,13,15H2,1H3,(H,26,27)/t21-/m1/s1. The van der Waals surface area contributed by atoms with Crippen molar-refractivity contribution in [1.82, 2.24) is 5.32 Å². The van der Waals surface area contributed by atoms with E-state index in [9.17, 15) is 10.1 Å². The largest absolute Gasteiger partial charge is 0.320 e. The van der Waals surface area contributed by atoms with Crippen molar-refractivity contribution in [2.75, 3.05) is 6.26 Å². The Morgan fingerprint density at radius 1 is 1.07 bits per heavy atom. The highest BCUT2D eigenvalue weighted by atomic mass is 32.2. The van der Waals surface area contributed by atoms with Crippen molar-refractivity contribution in [1.29, 1.82) is 5.26 Å². The first-order valence-electron chi connectivity index (χ1n) is 9.36. The van der Waals surface area contributed by atoms with Gasteiger partial charge in [-0.05, 0) is 40.3 Å². The Balaban J connectivity index is 1.59. The minimum Gasteiger partial charge on any atom is -0.320 e. The Kier molecular flexibility index (Phi) is 5.94. The summed E-state index contributed by atoms with van der Waals surface area (Å²) in [5.74, 6) is 0.469. The molecule has 1 aliphatic heterocycles. The molecule has 0 fully saturated rings. The van der Waals surface area contributed by atoms with Gasteiger partial charge in [0.15, 0.2) is 0 Å². The first kappa shape index (κ1) is 19.6. The zero-order chi connectivity index (χ0) is 20.2. The van der Waals surface area contributed by atoms with Crippen LogP contribution in [0.1, 0.15) is 23.5 Å². The number of carbonyl (C=O) groups excluding carboxylic acids is 1. The minimum absolute atomic E-state index is 0.0380. The Hall–Kier alpha value is -2.68. The molecule has 0 saturated heterocycles. The van der Waals surface area contributed by atoms with E-state index in [1.807, 2.05) is 42.7 Å². The predicted molar refractivity (Wildman–Crippen MR) is 122 cm³/mol. The maximum atomic E-state index is 12.4. The number of amides is 1. The van der Waals surface area contributed by atoms with Gasteiger partial charge in [-0.1, -0.05) is 54.6 Å². The van der Waals surface area contributed by atoms with Gasteiger partial charge in [-0.25, -0.2) is 0 Å². The van der Waals surface area contributed by atoms with Gasteiger partial charge in [0, 0.05) is 23.0 Å². The summed E-state index contributed by atoms with van der Waals surface area (Å²) in [6, 6.07) is 25.1. The predicted octanol–water partition coefficient (Wildman–Crippen LogP) is 5.83. The fourth-order valence-corrected chi connectivity index (χ4v) is 4.97. The highest BCUT2D eigenvalue weighted by Gasteiger charge is 2.29. The van der Waals surface area contributed by atoms with Crippen molar-refractivity contribution < 1.29 is 4.79 Å². The van der Waals surface area contributed by atoms with Gasteiger partial charge in [0.2, 0.25) is 5.91 Å². The molecule has 4 rings (SSSR count). The Morgan fingerprint density at radius 3 is 2.55 bits per heavy atom. The number of nitriles is 1. The summed E-state index contributed by atoms with van der Waals surface area (Å²) < 4.78 is 0. The monoisotopic (exact) mass is 416 g/mol. The smallest absolute Gasteiger partial charge is 0.225 e. The van der Waals surface area contributed by atoms with Gasteiger partial charge in [0.05, 0.1) is 16.7 Å². The highest BCUT2D eigenvalue weighted by Crippen LogP contribution is 2.37. The molecule has 29 heavy (non-hydrogen) atoms. The lowest BCUT2D eigenvalue weighted by Gasteiger charge is -2.25. The lowest BCUT2D eigenvalue weighted by atomic mass is 9.87. The summed E-state index contributed by atoms with van der Waals surface area (Å²) in [7, 11) is 0. The maximum absolute atomic E-state index is 12.4. The number of hydrogen-bond acceptors (Lipinski definition) is 4. The molecule has 1 atom stereocenters. The van der Waals surface area contributed by atoms with Crippen molar-refractivity contribution in [3.05, 3.63) is 88.5 Å². The first-order valence-corrected chi connectivity index (χ1v) is 11.6. The molecule has 1 amide bonds. The topological polar surface area (TPSA) is 52.9 Å². The fraction of sp³-hybridized carbons (Fsp3) is 0.167. The van der Waals surface area contributed by atoms with E-state index in [4.69, 9.17) is 0 Å². The lowest BCUT2D eigenvalue weighted by Crippen LogP contribution is -2.30. The Bertz CT molecular complexity index is 1130. The van der Waals surface area contributed by atoms with Crippen molar-refractivity contribution in [2.45, 2.75) is 23.0 Å². The summed E-state index contributed by atoms with van der Waals surface area (Å²) in [5, 5.41) is 15.8. The van der Waals surface area contributed by atoms with Gasteiger partial charge in [0.1, 0.15) is 0 Å². The molecule has 0 aliphatic carbocycles. The summed E-state index contributed by atoms with van der Waals surface area (Å²) >= 11 is 3.20. The third-order valence-electron chi connectivity index (χ3n) is 5.07. The van der Waals surface area contributed by atoms with Gasteiger partial charge < -0.3 is 5.32 Å². The normalized spacial score (nSPS) is 16.6. The van der Waals surface area contributed by atoms with Crippen LogP contribution >= 0.6 is 23.5 Å². The second-order valence-corrected chi connectivity index (χ2v) is 8.77. The van der Waals surface area contributed by atoms with Crippen LogP contribution in [0.5, 0.6) is 0 Å². The SMILES string of the molecule is CSc1ccc([C@H]2CC(=O)NC(SCc3ccc4ccccc4c3)=C2C#N)cc1. The molecule has 0 unspecified atom stereocenters. The van der Waals surface area contributed by atoms with Crippen LogP contribution in [0.15, 0.2) is 82.2 Å². The van der Waals surface area contributed by atoms with Gasteiger partial charge in [-0.3, -0.25) is 4.79 Å². The van der Waals surface area contributed by atoms with Crippen LogP contribution in [-0.4, -0.2) is 12.2 Å². The lowest BCUT2D eigenvalue weighted by molar-refractivity contribution is -0.120. The number of hydrogen-bond donors (Lipinski definition) is 1. The van der Waals surface area contributed by atoms with E-state index in [-0.39, 0.29) is 11.8 Å². The van der Waals surface area contributed by atoms with Crippen LogP contribution in [0, 0.1) is 11.3 Å². The van der Waals surface area contributed by atoms with Crippen LogP contribution in [0.25, 0.3) is 10.8 Å². The summed E-state index contributed by atoms with van der Waals surface area (Å²) in [6.07, 6.45) is 2.34. The molecule has 0 spiro atoms. The van der Waals surface area contributed by atoms with Crippen molar-refractivity contribution >= 4 is 40.2 Å². The summed E-state index contributed by atoms with van der Waals surface area (Å²) in [4.78, 5) is 13.5. The van der Waals surface area contributed by atoms with Crippen LogP contribution in [-0.2, 0) is 10.5 Å². The van der Waals surface area contributed by atoms with E-state index in [1.165, 1.54) is 33.0 Å². The second-order valence-electron chi connectivity index (χ2n) is 6.90. The Labute approximate surface area is 179 Å². The molecule has 0 bridgehead atoms. The molecule has 0 saturated carbocycles. The first-order chi connectivity index (χ1) is 14.2. The van der Waals surface area contributed by atoms with Crippen molar-refractivity contribution in [2.24, 2.45) is 0 Å². The molecule has 144 valence electrons. The van der Waals surface area contributed by atoms with Crippen LogP contribution < -0.4 is 5.32 Å². The molecule has 1 aliphatic rings. The number of nitrogens with zero attached hydrogens (tertiary/aromatic N) is 1. The molecule has 3 nitrogen and oxygen atoms in total. The molecule has 1 N–H and O–H groups in total. The molecule has 3 aromatic rings. The average molecular weight is 417 g/mol. The van der Waals surface area contributed by atoms with Crippen LogP contribution in [0.4, 0.5) is 0 Å². The number of thioether (sulfide) groups is 2. The van der Waals surface area contributed by atoms with E-state index in [0.717, 1.165) is 5.56 Å². The zero-order valence-corrected chi connectivity index (χ0v) is 17.6. The van der Waals surface area contributed by atoms with Crippen molar-refractivity contribution in [3.63, 3.8) is 0 Å². The molecule has 0 radical (unpaired) electrons. The molecule has 5 heteroatoms. The molecule has 0 aromatic heterocycles. The number of nitrogens with one attached hydrogen (secondary N) is 1. The van der Waals surface area contributed by atoms with Gasteiger partial charge in [-0.2, -0.15) is 5.26 Å². The second kappa shape index (κ2) is 8.77. The Morgan fingerprint density at radius 2 is 1.83 bits per heavy atom. The molecule has 1 heterocycles. The van der Waals surface area contributed by atoms with E-state index in [1.54, 1.807) is 11.8 Å². The van der Waals surface area contributed by atoms with E-state index >= 15 is 0 Å². The number of benzene rings is 3. The average Bonchev–Trinajstić information content (AvgIpc) is 2.77. The third-order valence-corrected chi connectivity index (χ3v) is 6.90. The molecular formula is C24H20N2OS2. The molecule has 3 aromatic carbocycles. The van der Waals surface area contributed by atoms with Crippen molar-refractivity contribution in [3.8, 4) is 6.07 Å². The minimum atomic E-state index is -0.191. The number of fused-ring (bicyclic) bond motifs is 1.